The lowest BCUT2D eigenvalue weighted by Gasteiger charge is -2.09. The van der Waals surface area contributed by atoms with Gasteiger partial charge in [-0.25, -0.2) is 9.97 Å². The van der Waals surface area contributed by atoms with Crippen LogP contribution in [0.3, 0.4) is 0 Å². The van der Waals surface area contributed by atoms with Gasteiger partial charge in [0.25, 0.3) is 5.91 Å². The van der Waals surface area contributed by atoms with Crippen LogP contribution >= 0.6 is 0 Å². The van der Waals surface area contributed by atoms with Crippen LogP contribution < -0.4 is 5.32 Å². The van der Waals surface area contributed by atoms with Crippen LogP contribution in [-0.4, -0.2) is 27.6 Å². The summed E-state index contributed by atoms with van der Waals surface area (Å²) in [6.07, 6.45) is -2.90. The predicted octanol–water partition coefficient (Wildman–Crippen LogP) is 2.72. The van der Waals surface area contributed by atoms with Crippen molar-refractivity contribution in [2.45, 2.75) is 39.3 Å². The Morgan fingerprint density at radius 3 is 2.67 bits per heavy atom. The molecule has 2 aromatic heterocycles. The molecule has 130 valence electrons. The number of rotatable bonds is 6. The fourth-order valence-electron chi connectivity index (χ4n) is 2.05. The minimum Gasteiger partial charge on any atom is -0.361 e. The van der Waals surface area contributed by atoms with E-state index in [2.05, 4.69) is 20.4 Å². The van der Waals surface area contributed by atoms with E-state index >= 15 is 0 Å². The molecule has 2 aromatic rings. The second-order valence-electron chi connectivity index (χ2n) is 5.24. The van der Waals surface area contributed by atoms with Crippen molar-refractivity contribution in [3.63, 3.8) is 0 Å². The number of halogens is 3. The maximum absolute atomic E-state index is 12.7. The molecule has 0 spiro atoms. The van der Waals surface area contributed by atoms with Crippen molar-refractivity contribution < 1.29 is 22.5 Å². The van der Waals surface area contributed by atoms with Gasteiger partial charge in [-0.1, -0.05) is 12.1 Å². The van der Waals surface area contributed by atoms with Crippen molar-refractivity contribution in [1.29, 1.82) is 0 Å². The highest BCUT2D eigenvalue weighted by Crippen LogP contribution is 2.27. The number of hydrogen-bond donors (Lipinski definition) is 1. The second-order valence-corrected chi connectivity index (χ2v) is 5.24. The molecule has 0 aliphatic heterocycles. The highest BCUT2D eigenvalue weighted by Gasteiger charge is 2.33. The van der Waals surface area contributed by atoms with Gasteiger partial charge >= 0.3 is 6.18 Å². The van der Waals surface area contributed by atoms with Gasteiger partial charge in [0.2, 0.25) is 0 Å². The predicted molar refractivity (Wildman–Crippen MR) is 78.3 cm³/mol. The molecule has 2 heterocycles. The quantitative estimate of drug-likeness (QED) is 0.873. The second kappa shape index (κ2) is 7.41. The Kier molecular flexibility index (Phi) is 5.53. The first-order valence-corrected chi connectivity index (χ1v) is 7.45. The highest BCUT2D eigenvalue weighted by molar-refractivity contribution is 5.92. The van der Waals surface area contributed by atoms with Crippen molar-refractivity contribution in [1.82, 2.24) is 20.4 Å². The van der Waals surface area contributed by atoms with Gasteiger partial charge in [-0.2, -0.15) is 13.2 Å². The van der Waals surface area contributed by atoms with Gasteiger partial charge in [-0.3, -0.25) is 4.79 Å². The zero-order chi connectivity index (χ0) is 17.7. The molecule has 0 aliphatic rings. The number of amides is 1. The Balaban J connectivity index is 1.93. The first-order valence-electron chi connectivity index (χ1n) is 7.45. The normalized spacial score (nSPS) is 11.5. The van der Waals surface area contributed by atoms with E-state index in [1.165, 1.54) is 6.92 Å². The van der Waals surface area contributed by atoms with E-state index in [-0.39, 0.29) is 30.2 Å². The summed E-state index contributed by atoms with van der Waals surface area (Å²) in [5.41, 5.74) is -0.629. The van der Waals surface area contributed by atoms with Gasteiger partial charge in [-0.05, 0) is 19.4 Å². The van der Waals surface area contributed by atoms with E-state index in [0.717, 1.165) is 12.5 Å². The van der Waals surface area contributed by atoms with E-state index in [4.69, 9.17) is 4.52 Å². The van der Waals surface area contributed by atoms with Crippen LogP contribution in [-0.2, 0) is 19.0 Å². The number of alkyl halides is 3. The minimum absolute atomic E-state index is 0.0226. The topological polar surface area (TPSA) is 80.9 Å². The monoisotopic (exact) mass is 342 g/mol. The van der Waals surface area contributed by atoms with E-state index in [9.17, 15) is 18.0 Å². The number of hydrogen-bond acceptors (Lipinski definition) is 5. The Morgan fingerprint density at radius 1 is 1.25 bits per heavy atom. The van der Waals surface area contributed by atoms with Gasteiger partial charge in [-0.15, -0.1) is 0 Å². The summed E-state index contributed by atoms with van der Waals surface area (Å²) in [5, 5.41) is 6.21. The lowest BCUT2D eigenvalue weighted by molar-refractivity contribution is -0.141. The van der Waals surface area contributed by atoms with Crippen LogP contribution in [0.5, 0.6) is 0 Å². The fraction of sp³-hybridized carbons (Fsp3) is 0.467. The summed E-state index contributed by atoms with van der Waals surface area (Å²) in [6.45, 7) is 3.53. The first kappa shape index (κ1) is 17.9. The number of carbonyl (C=O) groups is 1. The standard InChI is InChI=1S/C15H17F3N4O2/c1-3-4-10-8-11(22-24-10)14(23)19-6-5-13-20-9(2)7-12(21-13)15(16,17)18/h7-8H,3-6H2,1-2H3,(H,19,23). The number of aryl methyl sites for hydroxylation is 2. The summed E-state index contributed by atoms with van der Waals surface area (Å²) in [4.78, 5) is 19.3. The molecule has 0 aliphatic carbocycles. The molecule has 24 heavy (non-hydrogen) atoms. The van der Waals surface area contributed by atoms with Crippen molar-refractivity contribution in [3.8, 4) is 0 Å². The molecular formula is C15H17F3N4O2. The molecule has 0 saturated carbocycles. The third kappa shape index (κ3) is 4.77. The lowest BCUT2D eigenvalue weighted by Crippen LogP contribution is -2.26. The summed E-state index contributed by atoms with van der Waals surface area (Å²) in [7, 11) is 0. The molecule has 0 saturated heterocycles. The lowest BCUT2D eigenvalue weighted by atomic mass is 10.2. The van der Waals surface area contributed by atoms with E-state index in [1.807, 2.05) is 6.92 Å². The van der Waals surface area contributed by atoms with Crippen LogP contribution in [0.1, 0.15) is 46.8 Å². The van der Waals surface area contributed by atoms with E-state index < -0.39 is 17.8 Å². The number of nitrogens with one attached hydrogen (secondary N) is 1. The Bertz CT molecular complexity index is 713. The van der Waals surface area contributed by atoms with Crippen molar-refractivity contribution >= 4 is 5.91 Å². The molecule has 0 aromatic carbocycles. The van der Waals surface area contributed by atoms with E-state index in [1.54, 1.807) is 6.07 Å². The molecule has 2 rings (SSSR count). The Hall–Kier alpha value is -2.45. The average molecular weight is 342 g/mol. The van der Waals surface area contributed by atoms with Crippen LogP contribution in [0.15, 0.2) is 16.7 Å². The maximum atomic E-state index is 12.7. The summed E-state index contributed by atoms with van der Waals surface area (Å²) in [6, 6.07) is 2.43. The van der Waals surface area contributed by atoms with Crippen molar-refractivity contribution in [2.75, 3.05) is 6.54 Å². The van der Waals surface area contributed by atoms with Crippen LogP contribution in [0.2, 0.25) is 0 Å². The third-order valence-corrected chi connectivity index (χ3v) is 3.11. The molecule has 0 atom stereocenters. The van der Waals surface area contributed by atoms with Gasteiger partial charge in [0.15, 0.2) is 5.69 Å². The molecule has 1 N–H and O–H groups in total. The molecule has 6 nitrogen and oxygen atoms in total. The minimum atomic E-state index is -4.53. The molecular weight excluding hydrogens is 325 g/mol. The fourth-order valence-corrected chi connectivity index (χ4v) is 2.05. The average Bonchev–Trinajstić information content (AvgIpc) is 2.95. The SMILES string of the molecule is CCCc1cc(C(=O)NCCc2nc(C)cc(C(F)(F)F)n2)no1. The molecule has 1 amide bonds. The van der Waals surface area contributed by atoms with Gasteiger partial charge in [0, 0.05) is 31.1 Å². The molecule has 0 unspecified atom stereocenters. The maximum Gasteiger partial charge on any atom is 0.433 e. The number of carbonyl (C=O) groups excluding carboxylic acids is 1. The summed E-state index contributed by atoms with van der Waals surface area (Å²) in [5.74, 6) is 0.179. The Morgan fingerprint density at radius 2 is 2.00 bits per heavy atom. The summed E-state index contributed by atoms with van der Waals surface area (Å²) < 4.78 is 43.1. The van der Waals surface area contributed by atoms with Crippen LogP contribution in [0.25, 0.3) is 0 Å². The third-order valence-electron chi connectivity index (χ3n) is 3.11. The van der Waals surface area contributed by atoms with Crippen LogP contribution in [0.4, 0.5) is 13.2 Å². The largest absolute Gasteiger partial charge is 0.433 e. The zero-order valence-corrected chi connectivity index (χ0v) is 13.3. The van der Waals surface area contributed by atoms with E-state index in [0.29, 0.717) is 12.2 Å². The summed E-state index contributed by atoms with van der Waals surface area (Å²) >= 11 is 0. The zero-order valence-electron chi connectivity index (χ0n) is 13.3. The van der Waals surface area contributed by atoms with Crippen LogP contribution in [0, 0.1) is 6.92 Å². The smallest absolute Gasteiger partial charge is 0.361 e. The molecule has 0 bridgehead atoms. The number of aromatic nitrogens is 3. The number of nitrogens with zero attached hydrogens (tertiary/aromatic N) is 3. The first-order chi connectivity index (χ1) is 11.3. The molecule has 9 heteroatoms. The Labute approximate surface area is 136 Å². The molecule has 0 fully saturated rings. The van der Waals surface area contributed by atoms with Crippen molar-refractivity contribution in [3.05, 3.63) is 40.8 Å². The highest BCUT2D eigenvalue weighted by atomic mass is 19.4. The van der Waals surface area contributed by atoms with Gasteiger partial charge < -0.3 is 9.84 Å². The molecule has 0 radical (unpaired) electrons. The van der Waals surface area contributed by atoms with Gasteiger partial charge in [0.05, 0.1) is 0 Å². The van der Waals surface area contributed by atoms with Gasteiger partial charge in [0.1, 0.15) is 17.3 Å². The van der Waals surface area contributed by atoms with Crippen molar-refractivity contribution in [2.24, 2.45) is 0 Å².